The van der Waals surface area contributed by atoms with Gasteiger partial charge in [0.2, 0.25) is 5.91 Å². The number of rotatable bonds is 4. The van der Waals surface area contributed by atoms with Crippen molar-refractivity contribution in [2.75, 3.05) is 16.0 Å². The number of benzene rings is 2. The maximum Gasteiger partial charge on any atom is 0.323 e. The maximum absolute atomic E-state index is 11.9. The zero-order valence-corrected chi connectivity index (χ0v) is 12.8. The van der Waals surface area contributed by atoms with Crippen molar-refractivity contribution >= 4 is 34.8 Å². The fourth-order valence-electron chi connectivity index (χ4n) is 1.95. The second-order valence-corrected chi connectivity index (χ2v) is 4.97. The summed E-state index contributed by atoms with van der Waals surface area (Å²) in [4.78, 5) is 34.2. The minimum atomic E-state index is -0.419. The van der Waals surface area contributed by atoms with Crippen molar-refractivity contribution in [1.82, 2.24) is 0 Å². The van der Waals surface area contributed by atoms with E-state index in [2.05, 4.69) is 16.0 Å². The van der Waals surface area contributed by atoms with Crippen molar-refractivity contribution in [2.45, 2.75) is 13.8 Å². The van der Waals surface area contributed by atoms with Crippen molar-refractivity contribution in [2.24, 2.45) is 0 Å². The molecule has 0 aliphatic carbocycles. The third-order valence-electron chi connectivity index (χ3n) is 2.99. The first-order valence-corrected chi connectivity index (χ1v) is 7.01. The van der Waals surface area contributed by atoms with Gasteiger partial charge in [0, 0.05) is 29.5 Å². The summed E-state index contributed by atoms with van der Waals surface area (Å²) in [6.07, 6.45) is 0. The lowest BCUT2D eigenvalue weighted by Gasteiger charge is -2.09. The highest BCUT2D eigenvalue weighted by molar-refractivity contribution is 6.01. The molecule has 6 nitrogen and oxygen atoms in total. The predicted molar refractivity (Wildman–Crippen MR) is 89.8 cm³/mol. The molecule has 0 saturated carbocycles. The third kappa shape index (κ3) is 4.96. The molecule has 0 radical (unpaired) electrons. The van der Waals surface area contributed by atoms with Gasteiger partial charge in [0.15, 0.2) is 5.78 Å². The molecule has 0 saturated heterocycles. The first kappa shape index (κ1) is 16.2. The molecule has 23 heavy (non-hydrogen) atoms. The highest BCUT2D eigenvalue weighted by atomic mass is 16.2. The topological polar surface area (TPSA) is 87.3 Å². The number of Topliss-reactive ketones (excluding diaryl/α,β-unsaturated/α-hetero) is 1. The van der Waals surface area contributed by atoms with Gasteiger partial charge in [-0.2, -0.15) is 0 Å². The number of ketones is 1. The second-order valence-electron chi connectivity index (χ2n) is 4.97. The Morgan fingerprint density at radius 1 is 0.739 bits per heavy atom. The number of carbonyl (C=O) groups is 3. The molecule has 3 amide bonds. The Morgan fingerprint density at radius 2 is 1.30 bits per heavy atom. The Bertz CT molecular complexity index is 739. The fraction of sp³-hybridized carbons (Fsp3) is 0.118. The van der Waals surface area contributed by atoms with Gasteiger partial charge in [0.05, 0.1) is 0 Å². The molecule has 118 valence electrons. The van der Waals surface area contributed by atoms with Crippen LogP contribution in [0.25, 0.3) is 0 Å². The van der Waals surface area contributed by atoms with E-state index < -0.39 is 6.03 Å². The van der Waals surface area contributed by atoms with Crippen molar-refractivity contribution in [3.05, 3.63) is 54.1 Å². The molecule has 2 aromatic rings. The number of amides is 3. The highest BCUT2D eigenvalue weighted by Crippen LogP contribution is 2.15. The van der Waals surface area contributed by atoms with Gasteiger partial charge in [0.25, 0.3) is 0 Å². The minimum absolute atomic E-state index is 0.0670. The van der Waals surface area contributed by atoms with Gasteiger partial charge >= 0.3 is 6.03 Å². The number of hydrogen-bond acceptors (Lipinski definition) is 3. The van der Waals surface area contributed by atoms with Crippen LogP contribution in [0.3, 0.4) is 0 Å². The van der Waals surface area contributed by atoms with Crippen molar-refractivity contribution in [3.63, 3.8) is 0 Å². The summed E-state index contributed by atoms with van der Waals surface area (Å²) in [5.74, 6) is -0.226. The Kier molecular flexibility index (Phi) is 5.09. The normalized spacial score (nSPS) is 9.83. The second kappa shape index (κ2) is 7.22. The van der Waals surface area contributed by atoms with E-state index in [0.717, 1.165) is 0 Å². The summed E-state index contributed by atoms with van der Waals surface area (Å²) < 4.78 is 0. The van der Waals surface area contributed by atoms with E-state index in [9.17, 15) is 14.4 Å². The van der Waals surface area contributed by atoms with Crippen LogP contribution < -0.4 is 16.0 Å². The van der Waals surface area contributed by atoms with E-state index in [1.165, 1.54) is 13.8 Å². The van der Waals surface area contributed by atoms with Crippen LogP contribution in [-0.2, 0) is 4.79 Å². The monoisotopic (exact) mass is 311 g/mol. The average molecular weight is 311 g/mol. The molecule has 0 aliphatic rings. The predicted octanol–water partition coefficient (Wildman–Crippen LogP) is 3.49. The molecular weight excluding hydrogens is 294 g/mol. The first-order chi connectivity index (χ1) is 10.9. The van der Waals surface area contributed by atoms with E-state index >= 15 is 0 Å². The molecule has 3 N–H and O–H groups in total. The molecule has 2 rings (SSSR count). The standard InChI is InChI=1S/C17H17N3O3/c1-11(21)13-4-3-5-16(10-13)20-17(23)19-15-8-6-14(7-9-15)18-12(2)22/h3-10H,1-2H3,(H,18,22)(H2,19,20,23). The van der Waals surface area contributed by atoms with Gasteiger partial charge in [-0.05, 0) is 43.3 Å². The van der Waals surface area contributed by atoms with Crippen LogP contribution in [0.15, 0.2) is 48.5 Å². The molecule has 0 aliphatic heterocycles. The number of nitrogens with one attached hydrogen (secondary N) is 3. The zero-order valence-electron chi connectivity index (χ0n) is 12.8. The molecule has 0 atom stereocenters. The van der Waals surface area contributed by atoms with Gasteiger partial charge in [-0.15, -0.1) is 0 Å². The van der Waals surface area contributed by atoms with Crippen LogP contribution in [0.5, 0.6) is 0 Å². The Hall–Kier alpha value is -3.15. The van der Waals surface area contributed by atoms with Crippen LogP contribution in [0.1, 0.15) is 24.2 Å². The fourth-order valence-corrected chi connectivity index (χ4v) is 1.95. The third-order valence-corrected chi connectivity index (χ3v) is 2.99. The molecule has 0 fully saturated rings. The van der Waals surface area contributed by atoms with Crippen LogP contribution in [-0.4, -0.2) is 17.7 Å². The van der Waals surface area contributed by atoms with Crippen LogP contribution in [0.4, 0.5) is 21.9 Å². The maximum atomic E-state index is 11.9. The van der Waals surface area contributed by atoms with E-state index in [-0.39, 0.29) is 11.7 Å². The molecule has 0 spiro atoms. The van der Waals surface area contributed by atoms with E-state index in [0.29, 0.717) is 22.6 Å². The smallest absolute Gasteiger partial charge is 0.323 e. The Morgan fingerprint density at radius 3 is 1.87 bits per heavy atom. The van der Waals surface area contributed by atoms with Crippen molar-refractivity contribution in [1.29, 1.82) is 0 Å². The molecule has 0 bridgehead atoms. The molecular formula is C17H17N3O3. The quantitative estimate of drug-likeness (QED) is 0.755. The first-order valence-electron chi connectivity index (χ1n) is 7.01. The summed E-state index contributed by atoms with van der Waals surface area (Å²) in [5, 5.41) is 7.98. The molecule has 6 heteroatoms. The lowest BCUT2D eigenvalue weighted by Crippen LogP contribution is -2.19. The number of urea groups is 1. The lowest BCUT2D eigenvalue weighted by molar-refractivity contribution is -0.114. The number of carbonyl (C=O) groups excluding carboxylic acids is 3. The van der Waals surface area contributed by atoms with Crippen LogP contribution >= 0.6 is 0 Å². The highest BCUT2D eigenvalue weighted by Gasteiger charge is 2.05. The summed E-state index contributed by atoms with van der Waals surface area (Å²) >= 11 is 0. The zero-order chi connectivity index (χ0) is 16.8. The van der Waals surface area contributed by atoms with Crippen molar-refractivity contribution < 1.29 is 14.4 Å². The summed E-state index contributed by atoms with van der Waals surface area (Å²) in [7, 11) is 0. The molecule has 0 heterocycles. The van der Waals surface area contributed by atoms with Gasteiger partial charge in [0.1, 0.15) is 0 Å². The van der Waals surface area contributed by atoms with E-state index in [4.69, 9.17) is 0 Å². The number of hydrogen-bond donors (Lipinski definition) is 3. The molecule has 0 unspecified atom stereocenters. The van der Waals surface area contributed by atoms with E-state index in [1.807, 2.05) is 0 Å². The molecule has 2 aromatic carbocycles. The van der Waals surface area contributed by atoms with Gasteiger partial charge in [-0.25, -0.2) is 4.79 Å². The lowest BCUT2D eigenvalue weighted by atomic mass is 10.1. The number of anilines is 3. The Labute approximate surface area is 133 Å². The van der Waals surface area contributed by atoms with Crippen LogP contribution in [0, 0.1) is 0 Å². The van der Waals surface area contributed by atoms with Gasteiger partial charge in [-0.3, -0.25) is 9.59 Å². The summed E-state index contributed by atoms with van der Waals surface area (Å²) in [6.45, 7) is 2.89. The largest absolute Gasteiger partial charge is 0.326 e. The van der Waals surface area contributed by atoms with Gasteiger partial charge in [-0.1, -0.05) is 12.1 Å². The van der Waals surface area contributed by atoms with Gasteiger partial charge < -0.3 is 16.0 Å². The SMILES string of the molecule is CC(=O)Nc1ccc(NC(=O)Nc2cccc(C(C)=O)c2)cc1. The Balaban J connectivity index is 1.98. The molecule has 0 aromatic heterocycles. The minimum Gasteiger partial charge on any atom is -0.326 e. The van der Waals surface area contributed by atoms with Crippen LogP contribution in [0.2, 0.25) is 0 Å². The summed E-state index contributed by atoms with van der Waals surface area (Å²) in [6, 6.07) is 13.0. The van der Waals surface area contributed by atoms with E-state index in [1.54, 1.807) is 48.5 Å². The summed E-state index contributed by atoms with van der Waals surface area (Å²) in [5.41, 5.74) is 2.30. The average Bonchev–Trinajstić information content (AvgIpc) is 2.49. The van der Waals surface area contributed by atoms with Crippen molar-refractivity contribution in [3.8, 4) is 0 Å².